The first-order valence-corrected chi connectivity index (χ1v) is 21.1. The Kier molecular flexibility index (Phi) is 13.3. The number of carbonyl (C=O) groups is 3. The molecule has 2 heterocycles. The van der Waals surface area contributed by atoms with Crippen LogP contribution in [0.3, 0.4) is 0 Å². The van der Waals surface area contributed by atoms with Crippen LogP contribution >= 0.6 is 11.6 Å². The van der Waals surface area contributed by atoms with Gasteiger partial charge in [0.05, 0.1) is 25.0 Å². The van der Waals surface area contributed by atoms with Gasteiger partial charge >= 0.3 is 0 Å². The number of nitrogens with zero attached hydrogens (tertiary/aromatic N) is 2. The number of hydrogen-bond donors (Lipinski definition) is 2. The van der Waals surface area contributed by atoms with Crippen molar-refractivity contribution in [2.45, 2.75) is 95.5 Å². The monoisotopic (exact) mass is 776 g/mol. The molecular weight excluding hydrogens is 728 g/mol. The van der Waals surface area contributed by atoms with Gasteiger partial charge in [0, 0.05) is 36.9 Å². The zero-order chi connectivity index (χ0) is 38.2. The topological polar surface area (TPSA) is 162 Å². The number of aromatic nitrogens is 1. The number of ketones is 2. The minimum Gasteiger partial charge on any atom is -0.434 e. The first-order chi connectivity index (χ1) is 26.0. The average molecular weight is 777 g/mol. The third-order valence-electron chi connectivity index (χ3n) is 10.6. The molecule has 0 unspecified atom stereocenters. The minimum absolute atomic E-state index is 0.0902. The molecule has 3 N–H and O–H groups in total. The molecule has 6 rings (SSSR count). The van der Waals surface area contributed by atoms with Crippen LogP contribution in [0, 0.1) is 11.8 Å². The SMILES string of the molecule is CS(=O)(=O)N[C@H](CCC1CCCCC1)C(=O)N1C[C@H](OCc2ccc(Cl)cc2)C[C@H]1C(=O)C[C@@H](Cc1cccc(CN)c1)C(=O)c1nc2ccccc2o1. The number of fused-ring (bicyclic) bond motifs is 1. The van der Waals surface area contributed by atoms with Crippen molar-refractivity contribution in [1.29, 1.82) is 0 Å². The Morgan fingerprint density at radius 3 is 2.46 bits per heavy atom. The fourth-order valence-electron chi connectivity index (χ4n) is 7.79. The normalized spacial score (nSPS) is 19.2. The third-order valence-corrected chi connectivity index (χ3v) is 11.6. The van der Waals surface area contributed by atoms with E-state index in [1.807, 2.05) is 36.4 Å². The molecule has 0 spiro atoms. The van der Waals surface area contributed by atoms with E-state index in [0.29, 0.717) is 41.4 Å². The molecule has 11 nitrogen and oxygen atoms in total. The van der Waals surface area contributed by atoms with Gasteiger partial charge in [-0.3, -0.25) is 14.4 Å². The Hall–Kier alpha value is -3.94. The number of nitrogens with one attached hydrogen (secondary N) is 1. The number of amides is 1. The smallest absolute Gasteiger partial charge is 0.264 e. The lowest BCUT2D eigenvalue weighted by Gasteiger charge is -2.30. The largest absolute Gasteiger partial charge is 0.434 e. The van der Waals surface area contributed by atoms with Gasteiger partial charge in [-0.25, -0.2) is 18.1 Å². The molecule has 0 radical (unpaired) electrons. The second-order valence-electron chi connectivity index (χ2n) is 14.8. The highest BCUT2D eigenvalue weighted by atomic mass is 35.5. The number of oxazole rings is 1. The Bertz CT molecular complexity index is 2000. The van der Waals surface area contributed by atoms with E-state index in [2.05, 4.69) is 9.71 Å². The quantitative estimate of drug-likeness (QED) is 0.116. The molecule has 54 heavy (non-hydrogen) atoms. The lowest BCUT2D eigenvalue weighted by Crippen LogP contribution is -2.52. The minimum atomic E-state index is -3.76. The van der Waals surface area contributed by atoms with Crippen LogP contribution < -0.4 is 10.5 Å². The van der Waals surface area contributed by atoms with Gasteiger partial charge in [0.15, 0.2) is 11.4 Å². The first-order valence-electron chi connectivity index (χ1n) is 18.8. The van der Waals surface area contributed by atoms with Gasteiger partial charge < -0.3 is 19.8 Å². The van der Waals surface area contributed by atoms with Crippen LogP contribution in [0.1, 0.15) is 85.2 Å². The summed E-state index contributed by atoms with van der Waals surface area (Å²) in [5.74, 6) is -1.75. The molecule has 1 saturated heterocycles. The van der Waals surface area contributed by atoms with E-state index in [9.17, 15) is 22.8 Å². The van der Waals surface area contributed by atoms with E-state index >= 15 is 0 Å². The molecule has 1 aromatic heterocycles. The fourth-order valence-corrected chi connectivity index (χ4v) is 8.65. The molecule has 4 atom stereocenters. The maximum absolute atomic E-state index is 14.5. The molecule has 13 heteroatoms. The number of benzene rings is 3. The van der Waals surface area contributed by atoms with Crippen LogP contribution in [-0.2, 0) is 43.9 Å². The Labute approximate surface area is 322 Å². The van der Waals surface area contributed by atoms with Crippen LogP contribution in [0.25, 0.3) is 11.1 Å². The predicted molar refractivity (Wildman–Crippen MR) is 207 cm³/mol. The Balaban J connectivity index is 1.27. The van der Waals surface area contributed by atoms with Crippen LogP contribution in [-0.4, -0.2) is 66.8 Å². The van der Waals surface area contributed by atoms with Crippen molar-refractivity contribution in [2.24, 2.45) is 17.6 Å². The lowest BCUT2D eigenvalue weighted by molar-refractivity contribution is -0.139. The van der Waals surface area contributed by atoms with E-state index in [4.69, 9.17) is 26.5 Å². The van der Waals surface area contributed by atoms with E-state index in [1.165, 1.54) is 11.3 Å². The summed E-state index contributed by atoms with van der Waals surface area (Å²) in [6.45, 7) is 0.640. The summed E-state index contributed by atoms with van der Waals surface area (Å²) in [7, 11) is -3.76. The summed E-state index contributed by atoms with van der Waals surface area (Å²) in [6, 6.07) is 19.9. The number of Topliss-reactive ketones (excluding diaryl/α,β-unsaturated/α-hetero) is 2. The number of halogens is 1. The van der Waals surface area contributed by atoms with Crippen molar-refractivity contribution in [3.8, 4) is 0 Å². The van der Waals surface area contributed by atoms with Crippen molar-refractivity contribution in [2.75, 3.05) is 12.8 Å². The van der Waals surface area contributed by atoms with Crippen molar-refractivity contribution in [1.82, 2.24) is 14.6 Å². The third kappa shape index (κ3) is 10.6. The highest BCUT2D eigenvalue weighted by Crippen LogP contribution is 2.31. The van der Waals surface area contributed by atoms with Gasteiger partial charge in [-0.05, 0) is 66.1 Å². The summed E-state index contributed by atoms with van der Waals surface area (Å²) in [5, 5.41) is 0.594. The maximum atomic E-state index is 14.5. The highest BCUT2D eigenvalue weighted by molar-refractivity contribution is 7.88. The molecule has 1 saturated carbocycles. The molecule has 288 valence electrons. The number of rotatable bonds is 17. The summed E-state index contributed by atoms with van der Waals surface area (Å²) in [6.07, 6.45) is 7.29. The fraction of sp³-hybridized carbons (Fsp3) is 0.463. The molecule has 2 fully saturated rings. The van der Waals surface area contributed by atoms with Crippen LogP contribution in [0.5, 0.6) is 0 Å². The molecule has 1 aliphatic heterocycles. The van der Waals surface area contributed by atoms with E-state index in [0.717, 1.165) is 48.6 Å². The van der Waals surface area contributed by atoms with Gasteiger partial charge in [-0.1, -0.05) is 92.2 Å². The van der Waals surface area contributed by atoms with E-state index in [1.54, 1.807) is 36.4 Å². The predicted octanol–water partition coefficient (Wildman–Crippen LogP) is 6.41. The molecule has 1 aliphatic carbocycles. The van der Waals surface area contributed by atoms with Crippen molar-refractivity contribution >= 4 is 50.2 Å². The molecule has 4 aromatic rings. The van der Waals surface area contributed by atoms with Gasteiger partial charge in [0.1, 0.15) is 11.6 Å². The molecule has 0 bridgehead atoms. The second kappa shape index (κ2) is 18.1. The summed E-state index contributed by atoms with van der Waals surface area (Å²) in [5.41, 5.74) is 9.49. The molecule has 1 amide bonds. The molecule has 3 aromatic carbocycles. The van der Waals surface area contributed by atoms with Gasteiger partial charge in [-0.2, -0.15) is 0 Å². The average Bonchev–Trinajstić information content (AvgIpc) is 3.81. The molecule has 2 aliphatic rings. The second-order valence-corrected chi connectivity index (χ2v) is 17.0. The summed E-state index contributed by atoms with van der Waals surface area (Å²) >= 11 is 6.08. The number of hydrogen-bond acceptors (Lipinski definition) is 9. The van der Waals surface area contributed by atoms with Gasteiger partial charge in [0.2, 0.25) is 21.7 Å². The number of likely N-dealkylation sites (tertiary alicyclic amines) is 1. The Morgan fingerprint density at radius 1 is 1.00 bits per heavy atom. The maximum Gasteiger partial charge on any atom is 0.264 e. The number of nitrogens with two attached hydrogens (primary N) is 1. The lowest BCUT2D eigenvalue weighted by atomic mass is 9.85. The van der Waals surface area contributed by atoms with Crippen molar-refractivity contribution < 1.29 is 32.0 Å². The van der Waals surface area contributed by atoms with E-state index in [-0.39, 0.29) is 44.1 Å². The van der Waals surface area contributed by atoms with Crippen LogP contribution in [0.4, 0.5) is 0 Å². The Morgan fingerprint density at radius 2 is 1.74 bits per heavy atom. The summed E-state index contributed by atoms with van der Waals surface area (Å²) in [4.78, 5) is 49.0. The van der Waals surface area contributed by atoms with Gasteiger partial charge in [-0.15, -0.1) is 0 Å². The zero-order valence-corrected chi connectivity index (χ0v) is 32.2. The number of carbonyl (C=O) groups excluding carboxylic acids is 3. The number of para-hydroxylation sites is 2. The van der Waals surface area contributed by atoms with E-state index < -0.39 is 45.8 Å². The van der Waals surface area contributed by atoms with Gasteiger partial charge in [0.25, 0.3) is 5.89 Å². The van der Waals surface area contributed by atoms with Crippen molar-refractivity contribution in [3.05, 3.63) is 100 Å². The van der Waals surface area contributed by atoms with Crippen molar-refractivity contribution in [3.63, 3.8) is 0 Å². The standard InChI is InChI=1S/C41H49ClN4O7S/c1-54(50,51)45-35(19-16-27-8-3-2-4-9-27)41(49)46-25-33(52-26-28-14-17-32(42)18-15-28)23-36(46)37(47)22-31(21-29-10-7-11-30(20-29)24-43)39(48)40-44-34-12-5-6-13-38(34)53-40/h5-7,10-15,17-18,20,27,31,33,35-36,45H,2-4,8-9,16,19,21-26,43H2,1H3/t31-,33-,35-,36+/m1/s1. The highest BCUT2D eigenvalue weighted by Gasteiger charge is 2.44. The zero-order valence-electron chi connectivity index (χ0n) is 30.6. The van der Waals surface area contributed by atoms with Crippen LogP contribution in [0.2, 0.25) is 5.02 Å². The van der Waals surface area contributed by atoms with Crippen LogP contribution in [0.15, 0.2) is 77.2 Å². The number of ether oxygens (including phenoxy) is 1. The first kappa shape index (κ1) is 39.7. The number of sulfonamides is 1. The molecular formula is C41H49ClN4O7S. The summed E-state index contributed by atoms with van der Waals surface area (Å²) < 4.78 is 39.9.